The average Bonchev–Trinajstić information content (AvgIpc) is 3.13. The lowest BCUT2D eigenvalue weighted by atomic mass is 10.2. The van der Waals surface area contributed by atoms with Crippen LogP contribution >= 0.6 is 11.3 Å². The molecule has 0 bridgehead atoms. The molecule has 1 aromatic heterocycles. The van der Waals surface area contributed by atoms with Crippen LogP contribution in [0.15, 0.2) is 29.6 Å². The van der Waals surface area contributed by atoms with Gasteiger partial charge in [-0.25, -0.2) is 4.98 Å². The van der Waals surface area contributed by atoms with Crippen LogP contribution in [-0.4, -0.2) is 62.4 Å². The quantitative estimate of drug-likeness (QED) is 0.750. The van der Waals surface area contributed by atoms with Crippen LogP contribution in [0.25, 0.3) is 10.6 Å². The number of carbonyl (C=O) groups excluding carboxylic acids is 1. The molecule has 0 N–H and O–H groups in total. The van der Waals surface area contributed by atoms with Gasteiger partial charge in [0.05, 0.1) is 19.8 Å². The Morgan fingerprint density at radius 1 is 1.25 bits per heavy atom. The number of hydrogen-bond acceptors (Lipinski definition) is 6. The Kier molecular flexibility index (Phi) is 5.79. The Bertz CT molecular complexity index is 665. The summed E-state index contributed by atoms with van der Waals surface area (Å²) in [6, 6.07) is 7.69. The predicted octanol–water partition coefficient (Wildman–Crippen LogP) is 2.31. The van der Waals surface area contributed by atoms with Gasteiger partial charge in [0.2, 0.25) is 0 Å². The first-order valence-corrected chi connectivity index (χ1v) is 8.70. The molecule has 0 unspecified atom stereocenters. The number of hydrogen-bond donors (Lipinski definition) is 0. The molecular weight excluding hydrogens is 328 g/mol. The average molecular weight is 348 g/mol. The summed E-state index contributed by atoms with van der Waals surface area (Å²) in [5.41, 5.74) is 1.47. The van der Waals surface area contributed by atoms with E-state index >= 15 is 0 Å². The SMILES string of the molecule is COCCOc1ccc(-c2nc(C(=O)N3CCOCC3)cs2)cc1. The van der Waals surface area contributed by atoms with Crippen molar-refractivity contribution in [2.24, 2.45) is 0 Å². The predicted molar refractivity (Wildman–Crippen MR) is 91.6 cm³/mol. The van der Waals surface area contributed by atoms with E-state index in [9.17, 15) is 4.79 Å². The number of benzene rings is 1. The summed E-state index contributed by atoms with van der Waals surface area (Å²) in [7, 11) is 1.64. The topological polar surface area (TPSA) is 60.9 Å². The van der Waals surface area contributed by atoms with E-state index in [2.05, 4.69) is 4.98 Å². The summed E-state index contributed by atoms with van der Waals surface area (Å²) in [6.45, 7) is 3.51. The van der Waals surface area contributed by atoms with E-state index in [1.807, 2.05) is 29.6 Å². The van der Waals surface area contributed by atoms with Gasteiger partial charge in [0.1, 0.15) is 23.1 Å². The number of thiazole rings is 1. The third-order valence-corrected chi connectivity index (χ3v) is 4.57. The van der Waals surface area contributed by atoms with Crippen LogP contribution in [0.5, 0.6) is 5.75 Å². The smallest absolute Gasteiger partial charge is 0.273 e. The molecule has 0 spiro atoms. The molecular formula is C17H20N2O4S. The van der Waals surface area contributed by atoms with E-state index in [1.165, 1.54) is 11.3 Å². The molecule has 1 saturated heterocycles. The van der Waals surface area contributed by atoms with Crippen molar-refractivity contribution in [1.29, 1.82) is 0 Å². The number of nitrogens with zero attached hydrogens (tertiary/aromatic N) is 2. The van der Waals surface area contributed by atoms with E-state index in [1.54, 1.807) is 12.0 Å². The van der Waals surface area contributed by atoms with Gasteiger partial charge in [0, 0.05) is 31.1 Å². The van der Waals surface area contributed by atoms with Crippen LogP contribution in [0, 0.1) is 0 Å². The first-order valence-electron chi connectivity index (χ1n) is 7.82. The first kappa shape index (κ1) is 16.9. The van der Waals surface area contributed by atoms with Gasteiger partial charge < -0.3 is 19.1 Å². The van der Waals surface area contributed by atoms with E-state index in [0.717, 1.165) is 16.3 Å². The van der Waals surface area contributed by atoms with Crippen LogP contribution in [0.4, 0.5) is 0 Å². The molecule has 3 rings (SSSR count). The molecule has 0 radical (unpaired) electrons. The van der Waals surface area contributed by atoms with Gasteiger partial charge in [-0.05, 0) is 24.3 Å². The van der Waals surface area contributed by atoms with Crippen LogP contribution in [0.2, 0.25) is 0 Å². The Balaban J connectivity index is 1.65. The van der Waals surface area contributed by atoms with E-state index < -0.39 is 0 Å². The highest BCUT2D eigenvalue weighted by molar-refractivity contribution is 7.13. The lowest BCUT2D eigenvalue weighted by molar-refractivity contribution is 0.0299. The highest BCUT2D eigenvalue weighted by Crippen LogP contribution is 2.26. The maximum Gasteiger partial charge on any atom is 0.273 e. The number of ether oxygens (including phenoxy) is 3. The molecule has 1 aliphatic rings. The molecule has 128 valence electrons. The van der Waals surface area contributed by atoms with Crippen LogP contribution in [0.3, 0.4) is 0 Å². The minimum atomic E-state index is -0.0275. The fourth-order valence-electron chi connectivity index (χ4n) is 2.37. The molecule has 0 aliphatic carbocycles. The van der Waals surface area contributed by atoms with Gasteiger partial charge in [-0.2, -0.15) is 0 Å². The van der Waals surface area contributed by atoms with Gasteiger partial charge in [0.15, 0.2) is 0 Å². The van der Waals surface area contributed by atoms with Crippen molar-refractivity contribution in [3.63, 3.8) is 0 Å². The normalized spacial score (nSPS) is 14.6. The maximum absolute atomic E-state index is 12.4. The largest absolute Gasteiger partial charge is 0.491 e. The molecule has 1 amide bonds. The Morgan fingerprint density at radius 2 is 2.00 bits per heavy atom. The number of aromatic nitrogens is 1. The molecule has 1 fully saturated rings. The van der Waals surface area contributed by atoms with Crippen molar-refractivity contribution in [1.82, 2.24) is 9.88 Å². The van der Waals surface area contributed by atoms with Crippen molar-refractivity contribution in [2.45, 2.75) is 0 Å². The van der Waals surface area contributed by atoms with E-state index in [-0.39, 0.29) is 5.91 Å². The van der Waals surface area contributed by atoms with Crippen molar-refractivity contribution in [3.05, 3.63) is 35.3 Å². The molecule has 7 heteroatoms. The van der Waals surface area contributed by atoms with Gasteiger partial charge >= 0.3 is 0 Å². The monoisotopic (exact) mass is 348 g/mol. The van der Waals surface area contributed by atoms with Gasteiger partial charge in [-0.3, -0.25) is 4.79 Å². The Labute approximate surface area is 145 Å². The summed E-state index contributed by atoms with van der Waals surface area (Å²) in [6.07, 6.45) is 0. The molecule has 24 heavy (non-hydrogen) atoms. The minimum absolute atomic E-state index is 0.0275. The zero-order valence-electron chi connectivity index (χ0n) is 13.6. The summed E-state index contributed by atoms with van der Waals surface area (Å²) in [4.78, 5) is 18.7. The van der Waals surface area contributed by atoms with Crippen molar-refractivity contribution < 1.29 is 19.0 Å². The van der Waals surface area contributed by atoms with Crippen LogP contribution in [-0.2, 0) is 9.47 Å². The fourth-order valence-corrected chi connectivity index (χ4v) is 3.17. The number of methoxy groups -OCH3 is 1. The van der Waals surface area contributed by atoms with Gasteiger partial charge in [0.25, 0.3) is 5.91 Å². The lowest BCUT2D eigenvalue weighted by Gasteiger charge is -2.25. The number of carbonyl (C=O) groups is 1. The molecule has 1 aromatic carbocycles. The lowest BCUT2D eigenvalue weighted by Crippen LogP contribution is -2.40. The highest BCUT2D eigenvalue weighted by Gasteiger charge is 2.21. The minimum Gasteiger partial charge on any atom is -0.491 e. The highest BCUT2D eigenvalue weighted by atomic mass is 32.1. The molecule has 0 atom stereocenters. The fraction of sp³-hybridized carbons (Fsp3) is 0.412. The first-order chi connectivity index (χ1) is 11.8. The van der Waals surface area contributed by atoms with Crippen molar-refractivity contribution in [2.75, 3.05) is 46.6 Å². The van der Waals surface area contributed by atoms with Crippen molar-refractivity contribution >= 4 is 17.2 Å². The standard InChI is InChI=1S/C17H20N2O4S/c1-21-10-11-23-14-4-2-13(3-5-14)16-18-15(12-24-16)17(20)19-6-8-22-9-7-19/h2-5,12H,6-11H2,1H3. The van der Waals surface area contributed by atoms with Gasteiger partial charge in [-0.1, -0.05) is 0 Å². The third-order valence-electron chi connectivity index (χ3n) is 3.68. The van der Waals surface area contributed by atoms with Crippen LogP contribution < -0.4 is 4.74 Å². The summed E-state index contributed by atoms with van der Waals surface area (Å²) in [5, 5.41) is 2.64. The van der Waals surface area contributed by atoms with Crippen LogP contribution in [0.1, 0.15) is 10.5 Å². The molecule has 1 aliphatic heterocycles. The van der Waals surface area contributed by atoms with Gasteiger partial charge in [-0.15, -0.1) is 11.3 Å². The summed E-state index contributed by atoms with van der Waals surface area (Å²) < 4.78 is 15.8. The number of amides is 1. The molecule has 2 aromatic rings. The van der Waals surface area contributed by atoms with E-state index in [4.69, 9.17) is 14.2 Å². The van der Waals surface area contributed by atoms with E-state index in [0.29, 0.717) is 45.2 Å². The second-order valence-electron chi connectivity index (χ2n) is 5.31. The number of morpholine rings is 1. The second kappa shape index (κ2) is 8.23. The summed E-state index contributed by atoms with van der Waals surface area (Å²) in [5.74, 6) is 0.761. The zero-order chi connectivity index (χ0) is 16.8. The molecule has 0 saturated carbocycles. The summed E-state index contributed by atoms with van der Waals surface area (Å²) >= 11 is 1.47. The van der Waals surface area contributed by atoms with Crippen molar-refractivity contribution in [3.8, 4) is 16.3 Å². The Hall–Kier alpha value is -1.96. The Morgan fingerprint density at radius 3 is 2.71 bits per heavy atom. The zero-order valence-corrected chi connectivity index (χ0v) is 14.4. The molecule has 6 nitrogen and oxygen atoms in total. The number of rotatable bonds is 6. The maximum atomic E-state index is 12.4. The molecule has 2 heterocycles. The third kappa shape index (κ3) is 4.11. The second-order valence-corrected chi connectivity index (χ2v) is 6.17.